The number of ether oxygens (including phenoxy) is 3. The molecule has 0 unspecified atom stereocenters. The summed E-state index contributed by atoms with van der Waals surface area (Å²) in [5.41, 5.74) is 2.45. The molecule has 1 fully saturated rings. The van der Waals surface area contributed by atoms with E-state index in [0.717, 1.165) is 24.0 Å². The standard InChI is InChI=1S/C37H46O7/c1-21(2)11-9-12-23(5)16-18-25-30(38)26(17-15-22(3)4)33-29(31(25)39)32(40)27-13-10-14-28-35(7,8)44-36(37(27,28)42-33)20-19-24(6)34(41)43-36/h10-11,13,15-16,19,27-28,38-39H,9,12,14,17-18,20H2,1-8H3/b23-16+/t27-,28+,36+,37-/m0/s1. The van der Waals surface area contributed by atoms with Crippen LogP contribution in [0.1, 0.15) is 103 Å². The lowest BCUT2D eigenvalue weighted by atomic mass is 9.60. The second kappa shape index (κ2) is 11.4. The molecule has 3 aliphatic heterocycles. The van der Waals surface area contributed by atoms with Crippen LogP contribution < -0.4 is 4.74 Å². The maximum absolute atomic E-state index is 14.7. The van der Waals surface area contributed by atoms with Crippen molar-refractivity contribution in [2.75, 3.05) is 0 Å². The molecule has 1 aliphatic carbocycles. The Morgan fingerprint density at radius 3 is 2.30 bits per heavy atom. The Balaban J connectivity index is 1.70. The minimum absolute atomic E-state index is 0.0557. The van der Waals surface area contributed by atoms with Crippen LogP contribution >= 0.6 is 0 Å². The number of Topliss-reactive ketones (excluding diaryl/α,β-unsaturated/α-hetero) is 1. The van der Waals surface area contributed by atoms with Crippen LogP contribution in [0.4, 0.5) is 0 Å². The molecular weight excluding hydrogens is 556 g/mol. The zero-order valence-corrected chi connectivity index (χ0v) is 27.3. The summed E-state index contributed by atoms with van der Waals surface area (Å²) in [6.45, 7) is 15.7. The predicted octanol–water partition coefficient (Wildman–Crippen LogP) is 7.75. The number of rotatable bonds is 7. The molecule has 2 N–H and O–H groups in total. The molecule has 44 heavy (non-hydrogen) atoms. The summed E-state index contributed by atoms with van der Waals surface area (Å²) in [5.74, 6) is -3.89. The highest BCUT2D eigenvalue weighted by Gasteiger charge is 2.78. The van der Waals surface area contributed by atoms with Crippen LogP contribution in [0, 0.1) is 11.8 Å². The van der Waals surface area contributed by atoms with Crippen molar-refractivity contribution >= 4 is 11.8 Å². The molecule has 2 spiro atoms. The van der Waals surface area contributed by atoms with E-state index in [-0.39, 0.29) is 53.8 Å². The first-order chi connectivity index (χ1) is 20.6. The first-order valence-corrected chi connectivity index (χ1v) is 15.7. The van der Waals surface area contributed by atoms with E-state index < -0.39 is 28.9 Å². The van der Waals surface area contributed by atoms with Crippen molar-refractivity contribution in [3.05, 3.63) is 75.4 Å². The van der Waals surface area contributed by atoms with Gasteiger partial charge in [-0.2, -0.15) is 0 Å². The molecule has 7 heteroatoms. The first-order valence-electron chi connectivity index (χ1n) is 15.7. The molecule has 0 amide bonds. The Kier molecular flexibility index (Phi) is 8.25. The normalized spacial score (nSPS) is 28.4. The quantitative estimate of drug-likeness (QED) is 0.243. The Morgan fingerprint density at radius 1 is 0.955 bits per heavy atom. The number of phenolic OH excluding ortho intramolecular Hbond substituents is 2. The fraction of sp³-hybridized carbons (Fsp3) is 0.514. The minimum Gasteiger partial charge on any atom is -0.507 e. The van der Waals surface area contributed by atoms with Gasteiger partial charge in [0.05, 0.1) is 11.5 Å². The Hall–Kier alpha value is -3.58. The second-order valence-electron chi connectivity index (χ2n) is 13.8. The molecule has 1 aromatic rings. The van der Waals surface area contributed by atoms with Crippen LogP contribution in [-0.2, 0) is 27.1 Å². The van der Waals surface area contributed by atoms with E-state index >= 15 is 0 Å². The molecule has 1 aromatic carbocycles. The summed E-state index contributed by atoms with van der Waals surface area (Å²) >= 11 is 0. The lowest BCUT2D eigenvalue weighted by molar-refractivity contribution is -0.284. The molecular formula is C37H46O7. The van der Waals surface area contributed by atoms with Crippen molar-refractivity contribution in [2.24, 2.45) is 11.8 Å². The molecule has 4 aliphatic rings. The highest BCUT2D eigenvalue weighted by atomic mass is 16.8. The van der Waals surface area contributed by atoms with Gasteiger partial charge in [-0.1, -0.05) is 53.2 Å². The SMILES string of the molecule is CC(C)=CCC/C(C)=C/Cc1c(O)c(CC=C(C)C)c2c(c1O)C(=O)[C@@H]1C=CC[C@@H]3C(C)(C)O[C@]4(CC=C(C)C(=O)O4)[C@@]31O2. The van der Waals surface area contributed by atoms with E-state index in [4.69, 9.17) is 14.2 Å². The second-order valence-corrected chi connectivity index (χ2v) is 13.8. The van der Waals surface area contributed by atoms with Gasteiger partial charge in [-0.05, 0) is 87.5 Å². The highest BCUT2D eigenvalue weighted by molar-refractivity contribution is 6.07. The molecule has 5 rings (SSSR count). The zero-order chi connectivity index (χ0) is 32.2. The summed E-state index contributed by atoms with van der Waals surface area (Å²) in [7, 11) is 0. The third-order valence-electron chi connectivity index (χ3n) is 9.65. The summed E-state index contributed by atoms with van der Waals surface area (Å²) in [6.07, 6.45) is 14.8. The predicted molar refractivity (Wildman–Crippen MR) is 170 cm³/mol. The number of esters is 1. The van der Waals surface area contributed by atoms with E-state index in [9.17, 15) is 19.8 Å². The van der Waals surface area contributed by atoms with E-state index in [2.05, 4.69) is 19.9 Å². The van der Waals surface area contributed by atoms with Crippen molar-refractivity contribution < 1.29 is 34.0 Å². The van der Waals surface area contributed by atoms with Crippen LogP contribution in [0.5, 0.6) is 17.2 Å². The van der Waals surface area contributed by atoms with E-state index in [1.165, 1.54) is 5.57 Å². The van der Waals surface area contributed by atoms with Gasteiger partial charge in [0.2, 0.25) is 0 Å². The third-order valence-corrected chi connectivity index (χ3v) is 9.65. The summed E-state index contributed by atoms with van der Waals surface area (Å²) in [4.78, 5) is 27.7. The topological polar surface area (TPSA) is 102 Å². The largest absolute Gasteiger partial charge is 0.507 e. The molecule has 7 nitrogen and oxygen atoms in total. The first kappa shape index (κ1) is 31.8. The molecule has 0 bridgehead atoms. The number of hydrogen-bond donors (Lipinski definition) is 2. The van der Waals surface area contributed by atoms with Gasteiger partial charge < -0.3 is 24.4 Å². The molecule has 0 aromatic heterocycles. The summed E-state index contributed by atoms with van der Waals surface area (Å²) in [5, 5.41) is 23.4. The van der Waals surface area contributed by atoms with Crippen molar-refractivity contribution in [1.82, 2.24) is 0 Å². The summed E-state index contributed by atoms with van der Waals surface area (Å²) < 4.78 is 19.8. The monoisotopic (exact) mass is 602 g/mol. The van der Waals surface area contributed by atoms with Crippen LogP contribution in [0.25, 0.3) is 0 Å². The number of carbonyl (C=O) groups excluding carboxylic acids is 2. The third kappa shape index (κ3) is 5.03. The molecule has 1 saturated heterocycles. The Morgan fingerprint density at radius 2 is 1.64 bits per heavy atom. The Labute approximate surface area is 261 Å². The van der Waals surface area contributed by atoms with Gasteiger partial charge in [-0.15, -0.1) is 0 Å². The summed E-state index contributed by atoms with van der Waals surface area (Å²) in [6, 6.07) is 0. The minimum atomic E-state index is -1.57. The molecule has 3 heterocycles. The van der Waals surface area contributed by atoms with Gasteiger partial charge in [-0.3, -0.25) is 4.79 Å². The van der Waals surface area contributed by atoms with Gasteiger partial charge in [0.25, 0.3) is 5.79 Å². The number of aromatic hydroxyl groups is 2. The maximum Gasteiger partial charge on any atom is 0.336 e. The molecule has 0 radical (unpaired) electrons. The van der Waals surface area contributed by atoms with Crippen molar-refractivity contribution in [3.8, 4) is 17.2 Å². The number of hydrogen-bond acceptors (Lipinski definition) is 7. The number of benzene rings is 1. The van der Waals surface area contributed by atoms with Gasteiger partial charge >= 0.3 is 5.97 Å². The van der Waals surface area contributed by atoms with Gasteiger partial charge in [0.15, 0.2) is 11.4 Å². The van der Waals surface area contributed by atoms with Crippen molar-refractivity contribution in [3.63, 3.8) is 0 Å². The average Bonchev–Trinajstić information content (AvgIpc) is 3.12. The smallest absolute Gasteiger partial charge is 0.336 e. The van der Waals surface area contributed by atoms with Crippen LogP contribution in [0.3, 0.4) is 0 Å². The van der Waals surface area contributed by atoms with Gasteiger partial charge in [-0.25, -0.2) is 4.79 Å². The zero-order valence-electron chi connectivity index (χ0n) is 27.3. The molecule has 4 atom stereocenters. The lowest BCUT2D eigenvalue weighted by Gasteiger charge is -2.53. The van der Waals surface area contributed by atoms with E-state index in [1.54, 1.807) is 13.0 Å². The fourth-order valence-electron chi connectivity index (χ4n) is 7.34. The molecule has 0 saturated carbocycles. The fourth-order valence-corrected chi connectivity index (χ4v) is 7.34. The van der Waals surface area contributed by atoms with E-state index in [1.807, 2.05) is 58.9 Å². The highest BCUT2D eigenvalue weighted by Crippen LogP contribution is 2.64. The van der Waals surface area contributed by atoms with Gasteiger partial charge in [0, 0.05) is 29.0 Å². The van der Waals surface area contributed by atoms with E-state index in [0.29, 0.717) is 23.1 Å². The number of carbonyl (C=O) groups is 2. The van der Waals surface area contributed by atoms with Crippen molar-refractivity contribution in [2.45, 2.75) is 111 Å². The number of fused-ring (bicyclic) bond motifs is 1. The molecule has 236 valence electrons. The van der Waals surface area contributed by atoms with Crippen LogP contribution in [0.2, 0.25) is 0 Å². The van der Waals surface area contributed by atoms with Crippen LogP contribution in [0.15, 0.2) is 58.7 Å². The number of allylic oxidation sites excluding steroid dienone is 7. The maximum atomic E-state index is 14.7. The number of ketones is 1. The average molecular weight is 603 g/mol. The Bertz CT molecular complexity index is 1540. The lowest BCUT2D eigenvalue weighted by Crippen LogP contribution is -2.68. The van der Waals surface area contributed by atoms with Crippen molar-refractivity contribution in [1.29, 1.82) is 0 Å². The number of phenols is 2. The van der Waals surface area contributed by atoms with Gasteiger partial charge in [0.1, 0.15) is 22.8 Å². The van der Waals surface area contributed by atoms with Crippen LogP contribution in [-0.4, -0.2) is 39.0 Å².